The molecule has 0 unspecified atom stereocenters. The summed E-state index contributed by atoms with van der Waals surface area (Å²) in [6.45, 7) is 21.3. The highest BCUT2D eigenvalue weighted by Gasteiger charge is 2.40. The van der Waals surface area contributed by atoms with Crippen molar-refractivity contribution in [3.8, 4) is 0 Å². The van der Waals surface area contributed by atoms with Crippen molar-refractivity contribution in [3.63, 3.8) is 0 Å². The SMILES string of the molecule is CCO[Si](CCCN)(OCC)OCC.CCO[Si](CCCNC(=O)COCCOCCOC)(OCC)OCC.COCCOCCOCC(=O)O.COCCOCCOCC(=O)O. The summed E-state index contributed by atoms with van der Waals surface area (Å²) in [6.07, 6.45) is 1.63. The maximum Gasteiger partial charge on any atom is 0.500 e. The molecule has 0 radical (unpaired) electrons. The van der Waals surface area contributed by atoms with Gasteiger partial charge in [0.2, 0.25) is 5.91 Å². The van der Waals surface area contributed by atoms with Gasteiger partial charge in [0.15, 0.2) is 0 Å². The number of amides is 1. The molecule has 0 fully saturated rings. The number of aliphatic carboxylic acids is 2. The summed E-state index contributed by atoms with van der Waals surface area (Å²) in [5, 5.41) is 19.2. The molecule has 63 heavy (non-hydrogen) atoms. The number of rotatable bonds is 43. The molecule has 24 heteroatoms. The zero-order valence-corrected chi connectivity index (χ0v) is 41.9. The van der Waals surface area contributed by atoms with E-state index in [2.05, 4.69) is 5.32 Å². The number of carbonyl (C=O) groups is 3. The van der Waals surface area contributed by atoms with E-state index >= 15 is 0 Å². The van der Waals surface area contributed by atoms with Gasteiger partial charge in [0.05, 0.1) is 79.3 Å². The topological polar surface area (TPSA) is 268 Å². The van der Waals surface area contributed by atoms with Crippen LogP contribution in [0.15, 0.2) is 0 Å². The molecule has 0 bridgehead atoms. The second kappa shape index (κ2) is 54.5. The number of carboxylic acids is 2. The van der Waals surface area contributed by atoms with E-state index in [4.69, 9.17) is 85.1 Å². The van der Waals surface area contributed by atoms with E-state index in [-0.39, 0.29) is 25.7 Å². The highest BCUT2D eigenvalue weighted by molar-refractivity contribution is 6.61. The van der Waals surface area contributed by atoms with Gasteiger partial charge in [0.1, 0.15) is 19.8 Å². The molecule has 0 spiro atoms. The molecule has 0 aromatic carbocycles. The molecule has 0 aromatic rings. The molecule has 0 aliphatic heterocycles. The van der Waals surface area contributed by atoms with Crippen molar-refractivity contribution in [2.75, 3.05) is 173 Å². The first-order valence-corrected chi connectivity index (χ1v) is 25.5. The normalized spacial score (nSPS) is 11.1. The summed E-state index contributed by atoms with van der Waals surface area (Å²) < 4.78 is 78.5. The van der Waals surface area contributed by atoms with E-state index in [1.165, 1.54) is 0 Å². The summed E-state index contributed by atoms with van der Waals surface area (Å²) in [7, 11) is -0.227. The Morgan fingerprint density at radius 3 is 1.02 bits per heavy atom. The molecule has 0 heterocycles. The molecule has 0 rings (SSSR count). The minimum absolute atomic E-state index is 0.0264. The maximum absolute atomic E-state index is 11.7. The number of nitrogens with two attached hydrogens (primary N) is 1. The van der Waals surface area contributed by atoms with E-state index < -0.39 is 29.5 Å². The van der Waals surface area contributed by atoms with Crippen LogP contribution in [0.4, 0.5) is 0 Å². The molecule has 380 valence electrons. The largest absolute Gasteiger partial charge is 0.500 e. The predicted molar refractivity (Wildman–Crippen MR) is 238 cm³/mol. The second-order valence-electron chi connectivity index (χ2n) is 12.1. The van der Waals surface area contributed by atoms with Crippen molar-refractivity contribution in [1.82, 2.24) is 5.32 Å². The fraction of sp³-hybridized carbons (Fsp3) is 0.923. The van der Waals surface area contributed by atoms with Gasteiger partial charge in [-0.3, -0.25) is 4.79 Å². The molecule has 0 aliphatic carbocycles. The quantitative estimate of drug-likeness (QED) is 0.0503. The van der Waals surface area contributed by atoms with Crippen LogP contribution in [0.5, 0.6) is 0 Å². The number of hydrogen-bond donors (Lipinski definition) is 4. The predicted octanol–water partition coefficient (Wildman–Crippen LogP) is 2.11. The lowest BCUT2D eigenvalue weighted by molar-refractivity contribution is -0.143. The number of ether oxygens (including phenoxy) is 9. The van der Waals surface area contributed by atoms with Crippen molar-refractivity contribution >= 4 is 35.5 Å². The lowest BCUT2D eigenvalue weighted by Gasteiger charge is -2.28. The number of methoxy groups -OCH3 is 3. The van der Waals surface area contributed by atoms with Gasteiger partial charge in [-0.15, -0.1) is 0 Å². The molecular weight excluding hydrogens is 873 g/mol. The van der Waals surface area contributed by atoms with Gasteiger partial charge >= 0.3 is 29.5 Å². The van der Waals surface area contributed by atoms with Gasteiger partial charge in [-0.05, 0) is 60.9 Å². The third-order valence-electron chi connectivity index (χ3n) is 6.95. The highest BCUT2D eigenvalue weighted by atomic mass is 28.4. The van der Waals surface area contributed by atoms with E-state index in [1.54, 1.807) is 21.3 Å². The van der Waals surface area contributed by atoms with Crippen LogP contribution in [0, 0.1) is 0 Å². The Morgan fingerprint density at radius 2 is 0.730 bits per heavy atom. The maximum atomic E-state index is 11.7. The smallest absolute Gasteiger partial charge is 0.480 e. The highest BCUT2D eigenvalue weighted by Crippen LogP contribution is 2.18. The Bertz CT molecular complexity index is 906. The van der Waals surface area contributed by atoms with Crippen LogP contribution in [-0.4, -0.2) is 219 Å². The van der Waals surface area contributed by atoms with Gasteiger partial charge in [0, 0.05) is 79.6 Å². The van der Waals surface area contributed by atoms with E-state index in [1.807, 2.05) is 41.5 Å². The molecule has 0 atom stereocenters. The van der Waals surface area contributed by atoms with Crippen LogP contribution in [0.1, 0.15) is 54.4 Å². The first-order valence-electron chi connectivity index (χ1n) is 21.6. The van der Waals surface area contributed by atoms with Crippen molar-refractivity contribution in [2.24, 2.45) is 5.73 Å². The van der Waals surface area contributed by atoms with Crippen LogP contribution >= 0.6 is 0 Å². The first-order chi connectivity index (χ1) is 30.4. The number of nitrogens with one attached hydrogen (secondary N) is 1. The van der Waals surface area contributed by atoms with Crippen LogP contribution in [0.2, 0.25) is 12.1 Å². The number of carboxylic acid groups (broad SMARTS) is 2. The third kappa shape index (κ3) is 52.7. The molecule has 22 nitrogen and oxygen atoms in total. The summed E-state index contributed by atoms with van der Waals surface area (Å²) in [5.74, 6) is -2.08. The van der Waals surface area contributed by atoms with E-state index in [0.717, 1.165) is 18.9 Å². The Hall–Kier alpha value is -1.80. The summed E-state index contributed by atoms with van der Waals surface area (Å²) in [6, 6.07) is 1.50. The van der Waals surface area contributed by atoms with Crippen molar-refractivity contribution in [2.45, 2.75) is 66.5 Å². The fourth-order valence-corrected chi connectivity index (χ4v) is 9.73. The van der Waals surface area contributed by atoms with Crippen molar-refractivity contribution in [3.05, 3.63) is 0 Å². The summed E-state index contributed by atoms with van der Waals surface area (Å²) in [5.41, 5.74) is 5.48. The molecule has 0 aliphatic rings. The molecule has 1 amide bonds. The van der Waals surface area contributed by atoms with Gasteiger partial charge < -0.3 is 90.5 Å². The summed E-state index contributed by atoms with van der Waals surface area (Å²) in [4.78, 5) is 31.6. The molecule has 5 N–H and O–H groups in total. The van der Waals surface area contributed by atoms with E-state index in [0.29, 0.717) is 138 Å². The Kier molecular flexibility index (Phi) is 58.7. The monoisotopic (exact) mass is 959 g/mol. The van der Waals surface area contributed by atoms with Gasteiger partial charge in [-0.2, -0.15) is 0 Å². The number of carbonyl (C=O) groups excluding carboxylic acids is 1. The van der Waals surface area contributed by atoms with Crippen LogP contribution in [-0.2, 0) is 83.6 Å². The minimum Gasteiger partial charge on any atom is -0.480 e. The molecule has 0 saturated heterocycles. The fourth-order valence-electron chi connectivity index (χ4n) is 4.48. The zero-order valence-electron chi connectivity index (χ0n) is 39.9. The Morgan fingerprint density at radius 1 is 0.444 bits per heavy atom. The van der Waals surface area contributed by atoms with Gasteiger partial charge in [0.25, 0.3) is 0 Å². The molecule has 0 aromatic heterocycles. The summed E-state index contributed by atoms with van der Waals surface area (Å²) >= 11 is 0. The van der Waals surface area contributed by atoms with Crippen LogP contribution in [0.3, 0.4) is 0 Å². The van der Waals surface area contributed by atoms with Gasteiger partial charge in [-0.25, -0.2) is 9.59 Å². The average Bonchev–Trinajstić information content (AvgIpc) is 3.24. The Balaban J connectivity index is -0.000000392. The minimum atomic E-state index is -2.62. The zero-order chi connectivity index (χ0) is 48.1. The Labute approximate surface area is 379 Å². The van der Waals surface area contributed by atoms with Crippen LogP contribution in [0.25, 0.3) is 0 Å². The van der Waals surface area contributed by atoms with Gasteiger partial charge in [-0.1, -0.05) is 0 Å². The molecule has 0 saturated carbocycles. The average molecular weight is 959 g/mol. The van der Waals surface area contributed by atoms with Crippen molar-refractivity contribution < 1.29 is 93.8 Å². The third-order valence-corrected chi connectivity index (χ3v) is 13.3. The lowest BCUT2D eigenvalue weighted by atomic mass is 10.4. The lowest BCUT2D eigenvalue weighted by Crippen LogP contribution is -2.46. The van der Waals surface area contributed by atoms with Crippen molar-refractivity contribution in [1.29, 1.82) is 0 Å². The first kappa shape index (κ1) is 67.8. The van der Waals surface area contributed by atoms with E-state index in [9.17, 15) is 14.4 Å². The van der Waals surface area contributed by atoms with Crippen LogP contribution < -0.4 is 11.1 Å². The molecular formula is C39H86N2O20Si2. The standard InChI is InChI=1S/C16H35NO7Si.C9H23NO3Si.2C7H14O5/c1-5-22-25(23-6-2,24-7-3)14-8-9-17-16(18)15-21-13-12-20-11-10-19-4;1-4-11-14(12-5-2,13-6-3)9-7-8-10;2*1-10-2-3-11-4-5-12-6-7(8)9/h5-15H2,1-4H3,(H,17,18);4-10H2,1-3H3;2*2-6H2,1H3,(H,8,9). The number of hydrogen-bond acceptors (Lipinski definition) is 19. The second-order valence-corrected chi connectivity index (χ2v) is 17.5.